The minimum absolute atomic E-state index is 0.118. The van der Waals surface area contributed by atoms with Crippen LogP contribution in [0.15, 0.2) is 60.7 Å². The maximum absolute atomic E-state index is 13.2. The quantitative estimate of drug-likeness (QED) is 0.808. The van der Waals surface area contributed by atoms with Crippen LogP contribution in [-0.2, 0) is 16.0 Å². The lowest BCUT2D eigenvalue weighted by Gasteiger charge is -2.30. The van der Waals surface area contributed by atoms with E-state index in [1.165, 1.54) is 0 Å². The highest BCUT2D eigenvalue weighted by Gasteiger charge is 2.29. The molecule has 0 aliphatic carbocycles. The molecule has 2 amide bonds. The van der Waals surface area contributed by atoms with Gasteiger partial charge in [0.25, 0.3) is 0 Å². The molecule has 5 nitrogen and oxygen atoms in total. The molecular weight excluding hydrogens is 352 g/mol. The Bertz CT molecular complexity index is 769. The number of carbonyl (C=O) groups is 2. The van der Waals surface area contributed by atoms with Crippen molar-refractivity contribution in [2.24, 2.45) is 0 Å². The number of alkyl carbamates (subject to hydrolysis) is 1. The molecule has 2 rings (SSSR count). The zero-order valence-corrected chi connectivity index (χ0v) is 17.3. The Hall–Kier alpha value is -2.82. The maximum Gasteiger partial charge on any atom is 0.408 e. The largest absolute Gasteiger partial charge is 0.444 e. The van der Waals surface area contributed by atoms with Gasteiger partial charge in [-0.2, -0.15) is 0 Å². The number of ether oxygens (including phenoxy) is 1. The van der Waals surface area contributed by atoms with E-state index in [2.05, 4.69) is 5.32 Å². The second-order valence-electron chi connectivity index (χ2n) is 7.92. The van der Waals surface area contributed by atoms with Crippen LogP contribution in [-0.4, -0.2) is 35.6 Å². The van der Waals surface area contributed by atoms with Gasteiger partial charge < -0.3 is 15.0 Å². The molecule has 5 heteroatoms. The van der Waals surface area contributed by atoms with E-state index in [1.54, 1.807) is 32.7 Å². The van der Waals surface area contributed by atoms with Crippen molar-refractivity contribution in [2.75, 3.05) is 7.05 Å². The van der Waals surface area contributed by atoms with Gasteiger partial charge in [-0.15, -0.1) is 0 Å². The predicted octanol–water partition coefficient (Wildman–Crippen LogP) is 4.34. The monoisotopic (exact) mass is 382 g/mol. The summed E-state index contributed by atoms with van der Waals surface area (Å²) in [5.74, 6) is -0.161. The molecule has 0 aliphatic heterocycles. The second kappa shape index (κ2) is 9.40. The summed E-state index contributed by atoms with van der Waals surface area (Å²) < 4.78 is 5.36. The molecule has 0 aromatic heterocycles. The van der Waals surface area contributed by atoms with Gasteiger partial charge in [0.05, 0.1) is 6.04 Å². The summed E-state index contributed by atoms with van der Waals surface area (Å²) in [5.41, 5.74) is 1.37. The molecule has 0 saturated heterocycles. The van der Waals surface area contributed by atoms with Gasteiger partial charge in [0.15, 0.2) is 0 Å². The number of likely N-dealkylation sites (N-methyl/N-ethyl adjacent to an activating group) is 1. The molecule has 0 bridgehead atoms. The number of benzene rings is 2. The van der Waals surface area contributed by atoms with Crippen molar-refractivity contribution in [3.05, 3.63) is 71.8 Å². The van der Waals surface area contributed by atoms with Crippen LogP contribution in [0.3, 0.4) is 0 Å². The summed E-state index contributed by atoms with van der Waals surface area (Å²) in [6.45, 7) is 7.36. The van der Waals surface area contributed by atoms with Crippen LogP contribution in [0.4, 0.5) is 4.79 Å². The van der Waals surface area contributed by atoms with Gasteiger partial charge >= 0.3 is 6.09 Å². The van der Waals surface area contributed by atoms with Crippen LogP contribution in [0.2, 0.25) is 0 Å². The van der Waals surface area contributed by atoms with Crippen molar-refractivity contribution < 1.29 is 14.3 Å². The third-order valence-electron chi connectivity index (χ3n) is 4.48. The van der Waals surface area contributed by atoms with E-state index in [9.17, 15) is 9.59 Å². The first-order valence-corrected chi connectivity index (χ1v) is 9.52. The van der Waals surface area contributed by atoms with E-state index in [1.807, 2.05) is 67.6 Å². The van der Waals surface area contributed by atoms with Crippen LogP contribution >= 0.6 is 0 Å². The third-order valence-corrected chi connectivity index (χ3v) is 4.48. The van der Waals surface area contributed by atoms with E-state index in [-0.39, 0.29) is 11.9 Å². The van der Waals surface area contributed by atoms with Crippen molar-refractivity contribution in [3.63, 3.8) is 0 Å². The van der Waals surface area contributed by atoms with E-state index >= 15 is 0 Å². The fraction of sp³-hybridized carbons (Fsp3) is 0.391. The Kier molecular flexibility index (Phi) is 7.21. The van der Waals surface area contributed by atoms with Gasteiger partial charge in [-0.05, 0) is 38.8 Å². The summed E-state index contributed by atoms with van der Waals surface area (Å²) in [6, 6.07) is 18.6. The van der Waals surface area contributed by atoms with Gasteiger partial charge in [0.2, 0.25) is 5.91 Å². The zero-order valence-electron chi connectivity index (χ0n) is 17.3. The first-order chi connectivity index (χ1) is 13.2. The SMILES string of the molecule is CC(c1ccccc1)N(C)C(=O)C(Cc1ccccc1)NC(=O)OC(C)(C)C. The van der Waals surface area contributed by atoms with Crippen LogP contribution in [0.5, 0.6) is 0 Å². The molecular formula is C23H30N2O3. The molecule has 0 spiro atoms. The number of nitrogens with one attached hydrogen (secondary N) is 1. The van der Waals surface area contributed by atoms with Crippen molar-refractivity contribution in [2.45, 2.75) is 51.8 Å². The van der Waals surface area contributed by atoms with Gasteiger partial charge in [0, 0.05) is 13.5 Å². The molecule has 0 radical (unpaired) electrons. The zero-order chi connectivity index (χ0) is 20.7. The standard InChI is InChI=1S/C23H30N2O3/c1-17(19-14-10-7-11-15-19)25(5)21(26)20(16-18-12-8-6-9-13-18)24-22(27)28-23(2,3)4/h6-15,17,20H,16H2,1-5H3,(H,24,27). The lowest BCUT2D eigenvalue weighted by atomic mass is 10.0. The number of nitrogens with zero attached hydrogens (tertiary/aromatic N) is 1. The molecule has 1 N–H and O–H groups in total. The average Bonchev–Trinajstić information content (AvgIpc) is 2.65. The van der Waals surface area contributed by atoms with E-state index < -0.39 is 17.7 Å². The Morgan fingerprint density at radius 3 is 2.07 bits per heavy atom. The molecule has 0 aliphatic rings. The Labute approximate surface area is 167 Å². The minimum Gasteiger partial charge on any atom is -0.444 e. The highest BCUT2D eigenvalue weighted by molar-refractivity contribution is 5.86. The summed E-state index contributed by atoms with van der Waals surface area (Å²) in [6.07, 6.45) is -0.201. The molecule has 0 fully saturated rings. The fourth-order valence-electron chi connectivity index (χ4n) is 2.89. The highest BCUT2D eigenvalue weighted by atomic mass is 16.6. The molecule has 2 aromatic carbocycles. The van der Waals surface area contributed by atoms with Crippen LogP contribution in [0, 0.1) is 0 Å². The number of carbonyl (C=O) groups excluding carboxylic acids is 2. The Morgan fingerprint density at radius 2 is 1.54 bits per heavy atom. The summed E-state index contributed by atoms with van der Waals surface area (Å²) in [5, 5.41) is 2.76. The molecule has 0 saturated carbocycles. The van der Waals surface area contributed by atoms with Crippen LogP contribution < -0.4 is 5.32 Å². The molecule has 2 aromatic rings. The van der Waals surface area contributed by atoms with Crippen LogP contribution in [0.1, 0.15) is 44.9 Å². The van der Waals surface area contributed by atoms with Crippen molar-refractivity contribution in [3.8, 4) is 0 Å². The van der Waals surface area contributed by atoms with Gasteiger partial charge in [-0.3, -0.25) is 4.79 Å². The highest BCUT2D eigenvalue weighted by Crippen LogP contribution is 2.20. The van der Waals surface area contributed by atoms with E-state index in [0.717, 1.165) is 11.1 Å². The second-order valence-corrected chi connectivity index (χ2v) is 7.92. The van der Waals surface area contributed by atoms with Crippen molar-refractivity contribution in [1.82, 2.24) is 10.2 Å². The normalized spacial score (nSPS) is 13.3. The summed E-state index contributed by atoms with van der Waals surface area (Å²) in [7, 11) is 1.76. The molecule has 28 heavy (non-hydrogen) atoms. The lowest BCUT2D eigenvalue weighted by Crippen LogP contribution is -2.50. The molecule has 2 unspecified atom stereocenters. The molecule has 2 atom stereocenters. The molecule has 0 heterocycles. The topological polar surface area (TPSA) is 58.6 Å². The smallest absolute Gasteiger partial charge is 0.408 e. The number of amides is 2. The van der Waals surface area contributed by atoms with Crippen molar-refractivity contribution in [1.29, 1.82) is 0 Å². The third kappa shape index (κ3) is 6.41. The summed E-state index contributed by atoms with van der Waals surface area (Å²) >= 11 is 0. The molecule has 150 valence electrons. The fourth-order valence-corrected chi connectivity index (χ4v) is 2.89. The lowest BCUT2D eigenvalue weighted by molar-refractivity contribution is -0.134. The van der Waals surface area contributed by atoms with Gasteiger partial charge in [-0.1, -0.05) is 60.7 Å². The van der Waals surface area contributed by atoms with Gasteiger partial charge in [-0.25, -0.2) is 4.79 Å². The van der Waals surface area contributed by atoms with Gasteiger partial charge in [0.1, 0.15) is 11.6 Å². The van der Waals surface area contributed by atoms with Crippen LogP contribution in [0.25, 0.3) is 0 Å². The first kappa shape index (κ1) is 21.5. The van der Waals surface area contributed by atoms with E-state index in [0.29, 0.717) is 6.42 Å². The number of hydrogen-bond donors (Lipinski definition) is 1. The first-order valence-electron chi connectivity index (χ1n) is 9.52. The summed E-state index contributed by atoms with van der Waals surface area (Å²) in [4.78, 5) is 27.2. The van der Waals surface area contributed by atoms with Crippen molar-refractivity contribution >= 4 is 12.0 Å². The number of rotatable bonds is 6. The Morgan fingerprint density at radius 1 is 1.00 bits per heavy atom. The maximum atomic E-state index is 13.2. The number of hydrogen-bond acceptors (Lipinski definition) is 3. The predicted molar refractivity (Wildman–Crippen MR) is 111 cm³/mol. The Balaban J connectivity index is 2.18. The average molecular weight is 383 g/mol. The minimum atomic E-state index is -0.714. The van der Waals surface area contributed by atoms with E-state index in [4.69, 9.17) is 4.74 Å².